The van der Waals surface area contributed by atoms with Crippen molar-refractivity contribution >= 4 is 11.0 Å². The van der Waals surface area contributed by atoms with Crippen molar-refractivity contribution in [2.75, 3.05) is 0 Å². The van der Waals surface area contributed by atoms with Crippen LogP contribution in [0.4, 0.5) is 0 Å². The van der Waals surface area contributed by atoms with E-state index in [1.165, 1.54) is 27.8 Å². The normalized spacial score (nSPS) is 13.3. The van der Waals surface area contributed by atoms with Crippen molar-refractivity contribution < 1.29 is 0 Å². The van der Waals surface area contributed by atoms with E-state index in [9.17, 15) is 0 Å². The van der Waals surface area contributed by atoms with Crippen LogP contribution in [0.25, 0.3) is 50.8 Å². The summed E-state index contributed by atoms with van der Waals surface area (Å²) in [4.78, 5) is 15.4. The van der Waals surface area contributed by atoms with E-state index < -0.39 is 5.41 Å². The Labute approximate surface area is 303 Å². The molecule has 1 aliphatic carbocycles. The van der Waals surface area contributed by atoms with E-state index in [-0.39, 0.29) is 0 Å². The van der Waals surface area contributed by atoms with Crippen LogP contribution in [0.15, 0.2) is 194 Å². The van der Waals surface area contributed by atoms with Crippen LogP contribution in [0.3, 0.4) is 0 Å². The van der Waals surface area contributed by atoms with Crippen LogP contribution < -0.4 is 5.73 Å². The summed E-state index contributed by atoms with van der Waals surface area (Å²) in [6.07, 6.45) is 6.68. The van der Waals surface area contributed by atoms with E-state index in [1.54, 1.807) is 6.20 Å². The van der Waals surface area contributed by atoms with Crippen molar-refractivity contribution in [1.82, 2.24) is 19.5 Å². The van der Waals surface area contributed by atoms with Gasteiger partial charge in [-0.05, 0) is 69.9 Å². The second-order valence-corrected chi connectivity index (χ2v) is 13.0. The smallest absolute Gasteiger partial charge is 0.197 e. The highest BCUT2D eigenvalue weighted by molar-refractivity contribution is 5.87. The molecule has 248 valence electrons. The van der Waals surface area contributed by atoms with Crippen molar-refractivity contribution in [3.05, 3.63) is 216 Å². The van der Waals surface area contributed by atoms with E-state index >= 15 is 0 Å². The highest BCUT2D eigenvalue weighted by Gasteiger charge is 2.46. The average molecular weight is 670 g/mol. The maximum atomic E-state index is 6.63. The molecule has 8 aromatic rings. The average Bonchev–Trinajstić information content (AvgIpc) is 3.75. The maximum absolute atomic E-state index is 6.63. The Morgan fingerprint density at radius 1 is 0.615 bits per heavy atom. The van der Waals surface area contributed by atoms with Gasteiger partial charge in [0, 0.05) is 23.4 Å². The SMILES string of the molecule is N/C=C(\C=C/Cc1cc(-c2ccccc2)nc(-c2nc3ccccc3n2-c2ccccc2)n1)C1(c2ccccc2)c2ccccc2-c2ccccc21. The van der Waals surface area contributed by atoms with Crippen LogP contribution in [0.5, 0.6) is 0 Å². The predicted octanol–water partition coefficient (Wildman–Crippen LogP) is 10.1. The number of rotatable bonds is 8. The van der Waals surface area contributed by atoms with Crippen molar-refractivity contribution in [2.24, 2.45) is 5.73 Å². The van der Waals surface area contributed by atoms with E-state index in [4.69, 9.17) is 20.7 Å². The number of nitrogens with two attached hydrogens (primary N) is 1. The van der Waals surface area contributed by atoms with Gasteiger partial charge in [0.2, 0.25) is 0 Å². The summed E-state index contributed by atoms with van der Waals surface area (Å²) in [5.41, 5.74) is 18.7. The summed E-state index contributed by atoms with van der Waals surface area (Å²) >= 11 is 0. The molecule has 0 saturated heterocycles. The molecular formula is C47H35N5. The minimum Gasteiger partial charge on any atom is -0.404 e. The van der Waals surface area contributed by atoms with Crippen LogP contribution >= 0.6 is 0 Å². The first kappa shape index (κ1) is 31.2. The number of benzene rings is 6. The van der Waals surface area contributed by atoms with Crippen LogP contribution in [-0.2, 0) is 11.8 Å². The van der Waals surface area contributed by atoms with E-state index in [0.717, 1.165) is 39.2 Å². The summed E-state index contributed by atoms with van der Waals surface area (Å²) in [5, 5.41) is 0. The lowest BCUT2D eigenvalue weighted by Crippen LogP contribution is -2.29. The van der Waals surface area contributed by atoms with Gasteiger partial charge in [-0.3, -0.25) is 4.57 Å². The fourth-order valence-corrected chi connectivity index (χ4v) is 7.80. The number of aromatic nitrogens is 4. The minimum atomic E-state index is -0.577. The zero-order valence-corrected chi connectivity index (χ0v) is 28.5. The van der Waals surface area contributed by atoms with Gasteiger partial charge in [0.15, 0.2) is 11.6 Å². The standard InChI is InChI=1S/C47H35N5/c48-32-35(47(34-19-6-2-7-20-34)40-27-12-10-25-38(40)39-26-11-13-28-41(39)47)21-16-22-36-31-43(33-17-4-1-5-18-33)50-45(49-36)46-51-42-29-14-15-30-44(42)52(46)37-23-8-3-9-24-37/h1-21,23-32H,22,48H2/b21-16-,35-32+. The predicted molar refractivity (Wildman–Crippen MR) is 211 cm³/mol. The van der Waals surface area contributed by atoms with Gasteiger partial charge in [-0.25, -0.2) is 15.0 Å². The van der Waals surface area contributed by atoms with Crippen molar-refractivity contribution in [2.45, 2.75) is 11.8 Å². The van der Waals surface area contributed by atoms with Crippen LogP contribution in [0, 0.1) is 0 Å². The van der Waals surface area contributed by atoms with E-state index in [2.05, 4.69) is 132 Å². The third-order valence-corrected chi connectivity index (χ3v) is 10.0. The van der Waals surface area contributed by atoms with Gasteiger partial charge in [0.05, 0.1) is 22.1 Å². The molecule has 0 saturated carbocycles. The third kappa shape index (κ3) is 5.14. The molecule has 5 nitrogen and oxygen atoms in total. The fourth-order valence-electron chi connectivity index (χ4n) is 7.80. The molecular weight excluding hydrogens is 635 g/mol. The zero-order valence-electron chi connectivity index (χ0n) is 28.5. The molecule has 0 radical (unpaired) electrons. The number of imidazole rings is 1. The first-order chi connectivity index (χ1) is 25.8. The monoisotopic (exact) mass is 669 g/mol. The van der Waals surface area contributed by atoms with Gasteiger partial charge in [0.25, 0.3) is 0 Å². The molecule has 0 amide bonds. The molecule has 6 aromatic carbocycles. The Morgan fingerprint density at radius 3 is 1.90 bits per heavy atom. The highest BCUT2D eigenvalue weighted by atomic mass is 15.1. The first-order valence-corrected chi connectivity index (χ1v) is 17.6. The molecule has 2 N–H and O–H groups in total. The summed E-state index contributed by atoms with van der Waals surface area (Å²) in [6.45, 7) is 0. The molecule has 5 heteroatoms. The number of hydrogen-bond donors (Lipinski definition) is 1. The molecule has 0 aliphatic heterocycles. The van der Waals surface area contributed by atoms with Gasteiger partial charge < -0.3 is 5.73 Å². The van der Waals surface area contributed by atoms with Gasteiger partial charge in [-0.15, -0.1) is 0 Å². The van der Waals surface area contributed by atoms with E-state index in [1.807, 2.05) is 54.6 Å². The molecule has 0 fully saturated rings. The summed E-state index contributed by atoms with van der Waals surface area (Å²) < 4.78 is 2.15. The maximum Gasteiger partial charge on any atom is 0.197 e. The number of allylic oxidation sites excluding steroid dienone is 3. The number of nitrogens with zero attached hydrogens (tertiary/aromatic N) is 4. The number of fused-ring (bicyclic) bond motifs is 4. The fraction of sp³-hybridized carbons (Fsp3) is 0.0426. The van der Waals surface area contributed by atoms with Crippen molar-refractivity contribution in [1.29, 1.82) is 0 Å². The summed E-state index contributed by atoms with van der Waals surface area (Å²) in [6, 6.07) is 58.9. The van der Waals surface area contributed by atoms with Crippen LogP contribution in [-0.4, -0.2) is 19.5 Å². The summed E-state index contributed by atoms with van der Waals surface area (Å²) in [7, 11) is 0. The third-order valence-electron chi connectivity index (χ3n) is 10.0. The number of hydrogen-bond acceptors (Lipinski definition) is 4. The van der Waals surface area contributed by atoms with Gasteiger partial charge >= 0.3 is 0 Å². The van der Waals surface area contributed by atoms with Crippen LogP contribution in [0.1, 0.15) is 22.4 Å². The Hall–Kier alpha value is -6.85. The Balaban J connectivity index is 1.17. The van der Waals surface area contributed by atoms with Gasteiger partial charge in [0.1, 0.15) is 0 Å². The van der Waals surface area contributed by atoms with E-state index in [0.29, 0.717) is 18.1 Å². The molecule has 2 aromatic heterocycles. The lowest BCUT2D eigenvalue weighted by atomic mass is 9.67. The molecule has 0 unspecified atom stereocenters. The quantitative estimate of drug-likeness (QED) is 0.164. The lowest BCUT2D eigenvalue weighted by Gasteiger charge is -2.34. The minimum absolute atomic E-state index is 0.562. The Bertz CT molecular complexity index is 2560. The van der Waals surface area contributed by atoms with Crippen LogP contribution in [0.2, 0.25) is 0 Å². The second-order valence-electron chi connectivity index (χ2n) is 13.0. The molecule has 1 aliphatic rings. The number of para-hydroxylation sites is 3. The Morgan fingerprint density at radius 2 is 1.21 bits per heavy atom. The summed E-state index contributed by atoms with van der Waals surface area (Å²) in [5.74, 6) is 1.26. The highest BCUT2D eigenvalue weighted by Crippen LogP contribution is 2.56. The Kier molecular flexibility index (Phi) is 7.86. The largest absolute Gasteiger partial charge is 0.404 e. The molecule has 9 rings (SSSR count). The van der Waals surface area contributed by atoms with Crippen molar-refractivity contribution in [3.8, 4) is 39.7 Å². The lowest BCUT2D eigenvalue weighted by molar-refractivity contribution is 0.763. The molecule has 0 spiro atoms. The van der Waals surface area contributed by atoms with Gasteiger partial charge in [-0.1, -0.05) is 152 Å². The molecule has 0 bridgehead atoms. The molecule has 2 heterocycles. The zero-order chi connectivity index (χ0) is 34.9. The molecule has 52 heavy (non-hydrogen) atoms. The second kappa shape index (κ2) is 13.1. The topological polar surface area (TPSA) is 69.6 Å². The van der Waals surface area contributed by atoms with Gasteiger partial charge in [-0.2, -0.15) is 0 Å². The first-order valence-electron chi connectivity index (χ1n) is 17.6. The van der Waals surface area contributed by atoms with Crippen molar-refractivity contribution in [3.63, 3.8) is 0 Å². The molecule has 0 atom stereocenters.